The molecule has 1 rings (SSSR count). The molecule has 1 aromatic rings. The summed E-state index contributed by atoms with van der Waals surface area (Å²) in [4.78, 5) is 11.6. The SMILES string of the molecule is CC(C)NC(=O)n1nc(N)cc1OS(C)(=O)=O. The molecule has 0 aromatic carbocycles. The van der Waals surface area contributed by atoms with Crippen LogP contribution in [0.5, 0.6) is 5.88 Å². The van der Waals surface area contributed by atoms with Gasteiger partial charge in [0.2, 0.25) is 5.88 Å². The Labute approximate surface area is 98.9 Å². The van der Waals surface area contributed by atoms with E-state index < -0.39 is 16.1 Å². The van der Waals surface area contributed by atoms with Gasteiger partial charge in [-0.2, -0.15) is 8.42 Å². The van der Waals surface area contributed by atoms with Gasteiger partial charge in [0.25, 0.3) is 0 Å². The minimum absolute atomic E-state index is 0.0115. The number of carbonyl (C=O) groups is 1. The lowest BCUT2D eigenvalue weighted by atomic mass is 10.4. The van der Waals surface area contributed by atoms with Crippen molar-refractivity contribution >= 4 is 22.0 Å². The van der Waals surface area contributed by atoms with Crippen LogP contribution in [0.3, 0.4) is 0 Å². The Morgan fingerprint density at radius 3 is 2.65 bits per heavy atom. The van der Waals surface area contributed by atoms with Gasteiger partial charge in [0.15, 0.2) is 0 Å². The van der Waals surface area contributed by atoms with Crippen molar-refractivity contribution in [3.8, 4) is 5.88 Å². The number of rotatable bonds is 3. The Hall–Kier alpha value is -1.77. The highest BCUT2D eigenvalue weighted by atomic mass is 32.2. The van der Waals surface area contributed by atoms with E-state index in [1.165, 1.54) is 0 Å². The van der Waals surface area contributed by atoms with Gasteiger partial charge in [-0.3, -0.25) is 0 Å². The lowest BCUT2D eigenvalue weighted by Gasteiger charge is -2.09. The van der Waals surface area contributed by atoms with Gasteiger partial charge in [-0.15, -0.1) is 9.78 Å². The number of nitrogens with zero attached hydrogens (tertiary/aromatic N) is 2. The second kappa shape index (κ2) is 4.62. The monoisotopic (exact) mass is 262 g/mol. The summed E-state index contributed by atoms with van der Waals surface area (Å²) in [5.41, 5.74) is 5.38. The first-order valence-electron chi connectivity index (χ1n) is 4.75. The van der Waals surface area contributed by atoms with Crippen LogP contribution >= 0.6 is 0 Å². The maximum Gasteiger partial charge on any atom is 0.345 e. The van der Waals surface area contributed by atoms with Gasteiger partial charge >= 0.3 is 16.1 Å². The zero-order chi connectivity index (χ0) is 13.2. The number of aromatic nitrogens is 2. The summed E-state index contributed by atoms with van der Waals surface area (Å²) < 4.78 is 27.3. The molecule has 0 atom stereocenters. The van der Waals surface area contributed by atoms with Gasteiger partial charge in [0, 0.05) is 12.1 Å². The van der Waals surface area contributed by atoms with Crippen molar-refractivity contribution in [2.75, 3.05) is 12.0 Å². The van der Waals surface area contributed by atoms with Gasteiger partial charge < -0.3 is 15.2 Å². The van der Waals surface area contributed by atoms with Crippen LogP contribution < -0.4 is 15.2 Å². The molecular formula is C8H14N4O4S. The summed E-state index contributed by atoms with van der Waals surface area (Å²) >= 11 is 0. The van der Waals surface area contributed by atoms with Crippen molar-refractivity contribution in [3.63, 3.8) is 0 Å². The smallest absolute Gasteiger partial charge is 0.345 e. The topological polar surface area (TPSA) is 116 Å². The molecule has 1 amide bonds. The molecule has 1 aromatic heterocycles. The average molecular weight is 262 g/mol. The van der Waals surface area contributed by atoms with Gasteiger partial charge in [0.05, 0.1) is 6.26 Å². The molecule has 96 valence electrons. The van der Waals surface area contributed by atoms with Crippen LogP contribution in [0.4, 0.5) is 10.6 Å². The minimum atomic E-state index is -3.74. The second-order valence-corrected chi connectivity index (χ2v) is 5.29. The van der Waals surface area contributed by atoms with E-state index >= 15 is 0 Å². The Bertz CT molecular complexity index is 520. The molecule has 0 unspecified atom stereocenters. The molecule has 0 aliphatic heterocycles. The average Bonchev–Trinajstić information content (AvgIpc) is 2.42. The number of hydrogen-bond donors (Lipinski definition) is 2. The number of nitrogens with two attached hydrogens (primary N) is 1. The Balaban J connectivity index is 3.03. The molecule has 0 aliphatic carbocycles. The van der Waals surface area contributed by atoms with E-state index in [1.807, 2.05) is 0 Å². The van der Waals surface area contributed by atoms with E-state index in [2.05, 4.69) is 14.6 Å². The summed E-state index contributed by atoms with van der Waals surface area (Å²) in [6, 6.07) is 0.412. The van der Waals surface area contributed by atoms with Crippen LogP contribution in [0.1, 0.15) is 13.8 Å². The quantitative estimate of drug-likeness (QED) is 0.727. The zero-order valence-corrected chi connectivity index (χ0v) is 10.5. The molecule has 9 heteroatoms. The highest BCUT2D eigenvalue weighted by Gasteiger charge is 2.18. The molecule has 0 aliphatic rings. The molecule has 0 fully saturated rings. The van der Waals surface area contributed by atoms with E-state index in [0.717, 1.165) is 17.0 Å². The van der Waals surface area contributed by atoms with E-state index in [9.17, 15) is 13.2 Å². The Morgan fingerprint density at radius 2 is 2.18 bits per heavy atom. The van der Waals surface area contributed by atoms with Crippen LogP contribution in [0.2, 0.25) is 0 Å². The third-order valence-corrected chi connectivity index (χ3v) is 2.01. The van der Waals surface area contributed by atoms with Crippen LogP contribution in [0.15, 0.2) is 6.07 Å². The fourth-order valence-electron chi connectivity index (χ4n) is 1.05. The Kier molecular flexibility index (Phi) is 3.61. The molecule has 0 saturated heterocycles. The van der Waals surface area contributed by atoms with Gasteiger partial charge in [-0.25, -0.2) is 4.79 Å². The van der Waals surface area contributed by atoms with E-state index in [4.69, 9.17) is 5.73 Å². The fraction of sp³-hybridized carbons (Fsp3) is 0.500. The summed E-state index contributed by atoms with van der Waals surface area (Å²) in [5.74, 6) is -0.259. The maximum atomic E-state index is 11.6. The summed E-state index contributed by atoms with van der Waals surface area (Å²) in [7, 11) is -3.74. The maximum absolute atomic E-state index is 11.6. The first-order valence-corrected chi connectivity index (χ1v) is 6.56. The van der Waals surface area contributed by atoms with Crippen molar-refractivity contribution < 1.29 is 17.4 Å². The highest BCUT2D eigenvalue weighted by molar-refractivity contribution is 7.86. The van der Waals surface area contributed by atoms with E-state index in [0.29, 0.717) is 0 Å². The molecule has 17 heavy (non-hydrogen) atoms. The zero-order valence-electron chi connectivity index (χ0n) is 9.67. The van der Waals surface area contributed by atoms with E-state index in [-0.39, 0.29) is 17.7 Å². The molecule has 0 radical (unpaired) electrons. The van der Waals surface area contributed by atoms with Crippen LogP contribution in [-0.2, 0) is 10.1 Å². The first kappa shape index (κ1) is 13.3. The molecule has 0 spiro atoms. The lowest BCUT2D eigenvalue weighted by molar-refractivity contribution is 0.235. The van der Waals surface area contributed by atoms with Crippen LogP contribution in [-0.4, -0.2) is 36.5 Å². The van der Waals surface area contributed by atoms with Crippen molar-refractivity contribution in [1.82, 2.24) is 15.1 Å². The molecule has 0 saturated carbocycles. The summed E-state index contributed by atoms with van der Waals surface area (Å²) in [5, 5.41) is 6.17. The molecular weight excluding hydrogens is 248 g/mol. The van der Waals surface area contributed by atoms with Gasteiger partial charge in [-0.05, 0) is 13.8 Å². The number of hydrogen-bond acceptors (Lipinski definition) is 6. The number of anilines is 1. The fourth-order valence-corrected chi connectivity index (χ4v) is 1.48. The number of carbonyl (C=O) groups excluding carboxylic acids is 1. The second-order valence-electron chi connectivity index (χ2n) is 3.71. The Morgan fingerprint density at radius 1 is 1.59 bits per heavy atom. The van der Waals surface area contributed by atoms with Crippen molar-refractivity contribution in [2.24, 2.45) is 0 Å². The van der Waals surface area contributed by atoms with Crippen molar-refractivity contribution in [1.29, 1.82) is 0 Å². The largest absolute Gasteiger partial charge is 0.382 e. The van der Waals surface area contributed by atoms with Crippen LogP contribution in [0, 0.1) is 0 Å². The predicted octanol–water partition coefficient (Wildman–Crippen LogP) is -0.230. The summed E-state index contributed by atoms with van der Waals surface area (Å²) in [6.45, 7) is 3.50. The van der Waals surface area contributed by atoms with Crippen LogP contribution in [0.25, 0.3) is 0 Å². The predicted molar refractivity (Wildman–Crippen MR) is 61.2 cm³/mol. The van der Waals surface area contributed by atoms with Crippen molar-refractivity contribution in [2.45, 2.75) is 19.9 Å². The normalized spacial score (nSPS) is 11.5. The molecule has 8 nitrogen and oxygen atoms in total. The molecule has 1 heterocycles. The number of amides is 1. The standard InChI is InChI=1S/C8H14N4O4S/c1-5(2)10-8(13)12-7(4-6(9)11-12)16-17(3,14)15/h4-5H,1-3H3,(H2,9,11)(H,10,13). The van der Waals surface area contributed by atoms with Crippen molar-refractivity contribution in [3.05, 3.63) is 6.07 Å². The molecule has 0 bridgehead atoms. The van der Waals surface area contributed by atoms with Gasteiger partial charge in [0.1, 0.15) is 5.82 Å². The highest BCUT2D eigenvalue weighted by Crippen LogP contribution is 2.16. The van der Waals surface area contributed by atoms with E-state index in [1.54, 1.807) is 13.8 Å². The first-order chi connectivity index (χ1) is 7.69. The summed E-state index contributed by atoms with van der Waals surface area (Å²) in [6.07, 6.45) is 0.862. The number of nitrogens with one attached hydrogen (secondary N) is 1. The minimum Gasteiger partial charge on any atom is -0.382 e. The third kappa shape index (κ3) is 3.94. The lowest BCUT2D eigenvalue weighted by Crippen LogP contribution is -2.35. The molecule has 3 N–H and O–H groups in total. The third-order valence-electron chi connectivity index (χ3n) is 1.54. The number of nitrogen functional groups attached to an aromatic ring is 1. The van der Waals surface area contributed by atoms with Gasteiger partial charge in [-0.1, -0.05) is 0 Å².